The maximum atomic E-state index is 4.14. The van der Waals surface area contributed by atoms with Gasteiger partial charge >= 0.3 is 0 Å². The van der Waals surface area contributed by atoms with Crippen LogP contribution in [0.15, 0.2) is 6.33 Å². The molecule has 0 unspecified atom stereocenters. The molecule has 0 spiro atoms. The molecule has 3 nitrogen and oxygen atoms in total. The van der Waals surface area contributed by atoms with Crippen molar-refractivity contribution in [2.75, 3.05) is 0 Å². The lowest BCUT2D eigenvalue weighted by Gasteiger charge is -2.04. The van der Waals surface area contributed by atoms with E-state index in [1.54, 1.807) is 6.33 Å². The molecule has 0 amide bonds. The number of hydrogen-bond acceptors (Lipinski definition) is 2. The molecule has 0 fully saturated rings. The van der Waals surface area contributed by atoms with Crippen LogP contribution in [0.25, 0.3) is 0 Å². The summed E-state index contributed by atoms with van der Waals surface area (Å²) in [5.41, 5.74) is 0. The lowest BCUT2D eigenvalue weighted by atomic mass is 10.2. The molecule has 1 rings (SSSR count). The Balaban J connectivity index is 0.000000561. The maximum Gasteiger partial charge on any atom is 0.138 e. The molecule has 3 heteroatoms. The molecule has 0 atom stereocenters. The first-order valence-electron chi connectivity index (χ1n) is 4.63. The van der Waals surface area contributed by atoms with Crippen molar-refractivity contribution in [2.24, 2.45) is 0 Å². The van der Waals surface area contributed by atoms with Gasteiger partial charge in [-0.1, -0.05) is 27.7 Å². The van der Waals surface area contributed by atoms with Crippen LogP contribution in [0.1, 0.15) is 46.4 Å². The topological polar surface area (TPSA) is 30.7 Å². The van der Waals surface area contributed by atoms with Crippen molar-refractivity contribution in [3.8, 4) is 0 Å². The summed E-state index contributed by atoms with van der Waals surface area (Å²) in [6.07, 6.45) is 1.61. The van der Waals surface area contributed by atoms with Crippen LogP contribution in [0.3, 0.4) is 0 Å². The predicted octanol–water partition coefficient (Wildman–Crippen LogP) is 2.45. The molecule has 0 saturated carbocycles. The third-order valence-electron chi connectivity index (χ3n) is 1.46. The third-order valence-corrected chi connectivity index (χ3v) is 1.46. The fourth-order valence-electron chi connectivity index (χ4n) is 0.964. The Morgan fingerprint density at radius 2 is 2.00 bits per heavy atom. The van der Waals surface area contributed by atoms with Gasteiger partial charge < -0.3 is 0 Å². The Hall–Kier alpha value is -0.860. The Kier molecular flexibility index (Phi) is 5.34. The molecule has 0 aromatic carbocycles. The summed E-state index contributed by atoms with van der Waals surface area (Å²) < 4.78 is 1.92. The SMILES string of the molecule is CC.CCn1ncnc1C(C)C. The van der Waals surface area contributed by atoms with Crippen LogP contribution in [0, 0.1) is 0 Å². The van der Waals surface area contributed by atoms with Gasteiger partial charge in [0.15, 0.2) is 0 Å². The van der Waals surface area contributed by atoms with E-state index >= 15 is 0 Å². The van der Waals surface area contributed by atoms with E-state index in [2.05, 4.69) is 30.9 Å². The standard InChI is InChI=1S/C7H13N3.C2H6/c1-4-10-7(6(2)3)8-5-9-10;1-2/h5-6H,4H2,1-3H3;1-2H3. The minimum absolute atomic E-state index is 0.474. The summed E-state index contributed by atoms with van der Waals surface area (Å²) in [6, 6.07) is 0. The smallest absolute Gasteiger partial charge is 0.138 e. The Morgan fingerprint density at radius 3 is 2.33 bits per heavy atom. The van der Waals surface area contributed by atoms with Crippen molar-refractivity contribution in [1.82, 2.24) is 14.8 Å². The van der Waals surface area contributed by atoms with Gasteiger partial charge in [0.1, 0.15) is 12.2 Å². The van der Waals surface area contributed by atoms with Crippen LogP contribution in [0.5, 0.6) is 0 Å². The normalized spacial score (nSPS) is 9.50. The molecule has 1 aromatic heterocycles. The van der Waals surface area contributed by atoms with Crippen molar-refractivity contribution in [3.63, 3.8) is 0 Å². The largest absolute Gasteiger partial charge is 0.250 e. The van der Waals surface area contributed by atoms with Crippen molar-refractivity contribution >= 4 is 0 Å². The monoisotopic (exact) mass is 169 g/mol. The minimum atomic E-state index is 0.474. The van der Waals surface area contributed by atoms with Crippen molar-refractivity contribution in [2.45, 2.75) is 47.1 Å². The van der Waals surface area contributed by atoms with Gasteiger partial charge in [0.25, 0.3) is 0 Å². The Morgan fingerprint density at radius 1 is 1.42 bits per heavy atom. The van der Waals surface area contributed by atoms with Crippen LogP contribution in [0.4, 0.5) is 0 Å². The van der Waals surface area contributed by atoms with Gasteiger partial charge in [-0.3, -0.25) is 4.68 Å². The zero-order valence-electron chi connectivity index (χ0n) is 8.70. The average molecular weight is 169 g/mol. The van der Waals surface area contributed by atoms with Gasteiger partial charge in [-0.15, -0.1) is 0 Å². The van der Waals surface area contributed by atoms with Crippen LogP contribution < -0.4 is 0 Å². The molecule has 0 saturated heterocycles. The predicted molar refractivity (Wildman–Crippen MR) is 51.1 cm³/mol. The zero-order chi connectivity index (χ0) is 9.56. The van der Waals surface area contributed by atoms with Gasteiger partial charge in [0.05, 0.1) is 0 Å². The van der Waals surface area contributed by atoms with Crippen LogP contribution in [-0.2, 0) is 6.54 Å². The van der Waals surface area contributed by atoms with E-state index in [0.717, 1.165) is 12.4 Å². The van der Waals surface area contributed by atoms with Crippen LogP contribution >= 0.6 is 0 Å². The van der Waals surface area contributed by atoms with Crippen molar-refractivity contribution in [3.05, 3.63) is 12.2 Å². The summed E-state index contributed by atoms with van der Waals surface area (Å²) in [7, 11) is 0. The fraction of sp³-hybridized carbons (Fsp3) is 0.778. The highest BCUT2D eigenvalue weighted by Crippen LogP contribution is 2.08. The number of aromatic nitrogens is 3. The van der Waals surface area contributed by atoms with E-state index in [0.29, 0.717) is 5.92 Å². The molecular formula is C9H19N3. The number of hydrogen-bond donors (Lipinski definition) is 0. The molecule has 1 aromatic rings. The van der Waals surface area contributed by atoms with E-state index in [4.69, 9.17) is 0 Å². The molecule has 0 aliphatic heterocycles. The quantitative estimate of drug-likeness (QED) is 0.680. The first-order chi connectivity index (χ1) is 5.75. The third kappa shape index (κ3) is 2.64. The zero-order valence-corrected chi connectivity index (χ0v) is 8.70. The lowest BCUT2D eigenvalue weighted by molar-refractivity contribution is 0.589. The van der Waals surface area contributed by atoms with Crippen LogP contribution in [0.2, 0.25) is 0 Å². The molecule has 0 aliphatic rings. The molecule has 0 bridgehead atoms. The van der Waals surface area contributed by atoms with E-state index in [1.807, 2.05) is 18.5 Å². The molecule has 12 heavy (non-hydrogen) atoms. The molecule has 70 valence electrons. The summed E-state index contributed by atoms with van der Waals surface area (Å²) in [5.74, 6) is 1.55. The van der Waals surface area contributed by atoms with E-state index in [1.165, 1.54) is 0 Å². The number of rotatable bonds is 2. The number of aryl methyl sites for hydroxylation is 1. The van der Waals surface area contributed by atoms with Gasteiger partial charge in [0.2, 0.25) is 0 Å². The highest BCUT2D eigenvalue weighted by molar-refractivity contribution is 4.90. The first-order valence-corrected chi connectivity index (χ1v) is 4.63. The fourth-order valence-corrected chi connectivity index (χ4v) is 0.964. The highest BCUT2D eigenvalue weighted by Gasteiger charge is 2.05. The van der Waals surface area contributed by atoms with Gasteiger partial charge in [0, 0.05) is 12.5 Å². The summed E-state index contributed by atoms with van der Waals surface area (Å²) in [5, 5.41) is 4.06. The Bertz CT molecular complexity index is 203. The molecule has 0 aliphatic carbocycles. The Labute approximate surface area is 74.8 Å². The van der Waals surface area contributed by atoms with E-state index < -0.39 is 0 Å². The molecule has 0 N–H and O–H groups in total. The lowest BCUT2D eigenvalue weighted by Crippen LogP contribution is -2.04. The second-order valence-electron chi connectivity index (χ2n) is 2.59. The number of nitrogens with zero attached hydrogens (tertiary/aromatic N) is 3. The van der Waals surface area contributed by atoms with E-state index in [-0.39, 0.29) is 0 Å². The summed E-state index contributed by atoms with van der Waals surface area (Å²) >= 11 is 0. The molecule has 1 heterocycles. The average Bonchev–Trinajstić information content (AvgIpc) is 2.55. The first kappa shape index (κ1) is 11.1. The van der Waals surface area contributed by atoms with E-state index in [9.17, 15) is 0 Å². The van der Waals surface area contributed by atoms with Crippen molar-refractivity contribution < 1.29 is 0 Å². The minimum Gasteiger partial charge on any atom is -0.250 e. The maximum absolute atomic E-state index is 4.14. The second-order valence-corrected chi connectivity index (χ2v) is 2.59. The van der Waals surface area contributed by atoms with Gasteiger partial charge in [-0.25, -0.2) is 4.98 Å². The summed E-state index contributed by atoms with van der Waals surface area (Å²) in [6.45, 7) is 11.2. The highest BCUT2D eigenvalue weighted by atomic mass is 15.3. The van der Waals surface area contributed by atoms with Crippen molar-refractivity contribution in [1.29, 1.82) is 0 Å². The van der Waals surface area contributed by atoms with Gasteiger partial charge in [-0.2, -0.15) is 5.10 Å². The molecular weight excluding hydrogens is 150 g/mol. The van der Waals surface area contributed by atoms with Gasteiger partial charge in [-0.05, 0) is 6.92 Å². The second kappa shape index (κ2) is 5.75. The van der Waals surface area contributed by atoms with Crippen LogP contribution in [-0.4, -0.2) is 14.8 Å². The summed E-state index contributed by atoms with van der Waals surface area (Å²) in [4.78, 5) is 4.14. The molecule has 0 radical (unpaired) electrons.